The van der Waals surface area contributed by atoms with Crippen LogP contribution in [0.15, 0.2) is 18.2 Å². The Bertz CT molecular complexity index is 695. The van der Waals surface area contributed by atoms with E-state index in [0.29, 0.717) is 25.1 Å². The minimum absolute atomic E-state index is 0.166. The van der Waals surface area contributed by atoms with Crippen molar-refractivity contribution in [1.29, 1.82) is 0 Å². The maximum absolute atomic E-state index is 12.4. The molecule has 2 rings (SSSR count). The minimum atomic E-state index is -3.46. The maximum Gasteiger partial charge on any atom is 0.335 e. The zero-order chi connectivity index (χ0) is 15.8. The number of hydrogen-bond acceptors (Lipinski definition) is 4. The fourth-order valence-corrected chi connectivity index (χ4v) is 2.86. The molecule has 0 radical (unpaired) electrons. The number of carbonyl (C=O) groups excluding carboxylic acids is 1. The summed E-state index contributed by atoms with van der Waals surface area (Å²) in [6.07, 6.45) is 2.39. The highest BCUT2D eigenvalue weighted by Crippen LogP contribution is 2.29. The molecule has 21 heavy (non-hydrogen) atoms. The lowest BCUT2D eigenvalue weighted by molar-refractivity contribution is -0.118. The molecule has 0 aliphatic carbocycles. The van der Waals surface area contributed by atoms with E-state index < -0.39 is 27.0 Å². The predicted octanol–water partition coefficient (Wildman–Crippen LogP) is 1.10. The first-order chi connectivity index (χ1) is 9.71. The van der Waals surface area contributed by atoms with Gasteiger partial charge in [0.2, 0.25) is 5.91 Å². The van der Waals surface area contributed by atoms with E-state index in [1.54, 1.807) is 12.1 Å². The Morgan fingerprint density at radius 3 is 2.57 bits per heavy atom. The van der Waals surface area contributed by atoms with Gasteiger partial charge in [-0.05, 0) is 43.5 Å². The number of aromatic carboxylic acids is 1. The molecule has 1 aromatic carbocycles. The van der Waals surface area contributed by atoms with Gasteiger partial charge in [-0.2, -0.15) is 0 Å². The molecule has 114 valence electrons. The Kier molecular flexibility index (Phi) is 4.04. The van der Waals surface area contributed by atoms with Crippen LogP contribution in [0, 0.1) is 0 Å². The average molecular weight is 311 g/mol. The first-order valence-corrected chi connectivity index (χ1v) is 8.53. The largest absolute Gasteiger partial charge is 0.478 e. The van der Waals surface area contributed by atoms with Crippen molar-refractivity contribution >= 4 is 27.4 Å². The van der Waals surface area contributed by atoms with Crippen molar-refractivity contribution in [3.8, 4) is 0 Å². The SMILES string of the molecule is CC(C(=O)N1CCCc2cc(C(=O)O)ccc21)S(C)(=O)=O. The van der Waals surface area contributed by atoms with Gasteiger partial charge >= 0.3 is 5.97 Å². The normalized spacial score (nSPS) is 16.2. The molecule has 1 aromatic rings. The van der Waals surface area contributed by atoms with E-state index in [-0.39, 0.29) is 5.56 Å². The molecule has 7 heteroatoms. The standard InChI is InChI=1S/C14H17NO5S/c1-9(21(2,19)20)13(16)15-7-3-4-10-8-11(14(17)18)5-6-12(10)15/h5-6,8-9H,3-4,7H2,1-2H3,(H,17,18). The molecular weight excluding hydrogens is 294 g/mol. The van der Waals surface area contributed by atoms with Gasteiger partial charge < -0.3 is 10.0 Å². The summed E-state index contributed by atoms with van der Waals surface area (Å²) in [7, 11) is -3.46. The summed E-state index contributed by atoms with van der Waals surface area (Å²) in [6, 6.07) is 4.55. The lowest BCUT2D eigenvalue weighted by atomic mass is 9.99. The number of carboxylic acid groups (broad SMARTS) is 1. The Morgan fingerprint density at radius 2 is 2.00 bits per heavy atom. The molecule has 0 bridgehead atoms. The van der Waals surface area contributed by atoms with Gasteiger partial charge in [0.1, 0.15) is 5.25 Å². The zero-order valence-corrected chi connectivity index (χ0v) is 12.7. The van der Waals surface area contributed by atoms with E-state index in [4.69, 9.17) is 5.11 Å². The number of hydrogen-bond donors (Lipinski definition) is 1. The molecular formula is C14H17NO5S. The van der Waals surface area contributed by atoms with Crippen molar-refractivity contribution in [1.82, 2.24) is 0 Å². The second-order valence-corrected chi connectivity index (χ2v) is 7.58. The third kappa shape index (κ3) is 3.07. The van der Waals surface area contributed by atoms with Crippen LogP contribution in [0.25, 0.3) is 0 Å². The number of anilines is 1. The molecule has 0 saturated heterocycles. The molecule has 0 saturated carbocycles. The quantitative estimate of drug-likeness (QED) is 0.902. The van der Waals surface area contributed by atoms with E-state index >= 15 is 0 Å². The van der Waals surface area contributed by atoms with Crippen LogP contribution in [0.2, 0.25) is 0 Å². The molecule has 0 spiro atoms. The number of aryl methyl sites for hydroxylation is 1. The number of benzene rings is 1. The monoisotopic (exact) mass is 311 g/mol. The molecule has 1 unspecified atom stereocenters. The molecule has 1 N–H and O–H groups in total. The van der Waals surface area contributed by atoms with Gasteiger partial charge in [0, 0.05) is 18.5 Å². The number of nitrogens with zero attached hydrogens (tertiary/aromatic N) is 1. The summed E-state index contributed by atoms with van der Waals surface area (Å²) in [5.41, 5.74) is 1.53. The van der Waals surface area contributed by atoms with Crippen molar-refractivity contribution in [2.24, 2.45) is 0 Å². The lowest BCUT2D eigenvalue weighted by Gasteiger charge is -2.31. The maximum atomic E-state index is 12.4. The molecule has 1 atom stereocenters. The fourth-order valence-electron chi connectivity index (χ4n) is 2.36. The summed E-state index contributed by atoms with van der Waals surface area (Å²) in [6.45, 7) is 1.82. The van der Waals surface area contributed by atoms with Crippen LogP contribution in [0.5, 0.6) is 0 Å². The van der Waals surface area contributed by atoms with E-state index in [9.17, 15) is 18.0 Å². The van der Waals surface area contributed by atoms with E-state index in [1.807, 2.05) is 0 Å². The molecule has 1 heterocycles. The Hall–Kier alpha value is -1.89. The van der Waals surface area contributed by atoms with Gasteiger partial charge in [-0.15, -0.1) is 0 Å². The van der Waals surface area contributed by atoms with E-state index in [2.05, 4.69) is 0 Å². The predicted molar refractivity (Wildman–Crippen MR) is 78.4 cm³/mol. The Labute approximate surface area is 123 Å². The van der Waals surface area contributed by atoms with Crippen molar-refractivity contribution in [3.05, 3.63) is 29.3 Å². The summed E-state index contributed by atoms with van der Waals surface area (Å²) in [5, 5.41) is 7.89. The van der Waals surface area contributed by atoms with E-state index in [0.717, 1.165) is 11.8 Å². The second kappa shape index (κ2) is 5.48. The Morgan fingerprint density at radius 1 is 1.33 bits per heavy atom. The van der Waals surface area contributed by atoms with Crippen LogP contribution in [-0.4, -0.2) is 43.5 Å². The number of carbonyl (C=O) groups is 2. The molecule has 0 fully saturated rings. The van der Waals surface area contributed by atoms with Crippen molar-refractivity contribution in [2.75, 3.05) is 17.7 Å². The van der Waals surface area contributed by atoms with Crippen LogP contribution in [0.3, 0.4) is 0 Å². The number of rotatable bonds is 3. The van der Waals surface area contributed by atoms with Gasteiger partial charge in [-0.25, -0.2) is 13.2 Å². The number of carboxylic acids is 1. The van der Waals surface area contributed by atoms with Gasteiger partial charge in [-0.3, -0.25) is 4.79 Å². The van der Waals surface area contributed by atoms with Crippen molar-refractivity contribution in [3.63, 3.8) is 0 Å². The van der Waals surface area contributed by atoms with Crippen LogP contribution < -0.4 is 4.90 Å². The fraction of sp³-hybridized carbons (Fsp3) is 0.429. The first-order valence-electron chi connectivity index (χ1n) is 6.58. The van der Waals surface area contributed by atoms with Gasteiger partial charge in [0.05, 0.1) is 5.56 Å². The van der Waals surface area contributed by atoms with Crippen LogP contribution in [0.4, 0.5) is 5.69 Å². The Balaban J connectivity index is 2.39. The second-order valence-electron chi connectivity index (χ2n) is 5.21. The topological polar surface area (TPSA) is 91.8 Å². The number of sulfone groups is 1. The molecule has 1 amide bonds. The summed E-state index contributed by atoms with van der Waals surface area (Å²) in [4.78, 5) is 24.8. The van der Waals surface area contributed by atoms with Gasteiger partial charge in [0.25, 0.3) is 0 Å². The summed E-state index contributed by atoms with van der Waals surface area (Å²) in [5.74, 6) is -1.49. The van der Waals surface area contributed by atoms with Crippen molar-refractivity contribution in [2.45, 2.75) is 25.0 Å². The number of fused-ring (bicyclic) bond motifs is 1. The van der Waals surface area contributed by atoms with Crippen molar-refractivity contribution < 1.29 is 23.1 Å². The molecule has 6 nitrogen and oxygen atoms in total. The minimum Gasteiger partial charge on any atom is -0.478 e. The smallest absolute Gasteiger partial charge is 0.335 e. The average Bonchev–Trinajstić information content (AvgIpc) is 2.43. The highest BCUT2D eigenvalue weighted by molar-refractivity contribution is 7.92. The number of amides is 1. The van der Waals surface area contributed by atoms with E-state index in [1.165, 1.54) is 17.9 Å². The molecule has 1 aliphatic rings. The third-order valence-electron chi connectivity index (χ3n) is 3.70. The molecule has 1 aliphatic heterocycles. The van der Waals surface area contributed by atoms with Crippen LogP contribution >= 0.6 is 0 Å². The molecule has 0 aromatic heterocycles. The summed E-state index contributed by atoms with van der Waals surface area (Å²) < 4.78 is 23.1. The van der Waals surface area contributed by atoms with Gasteiger partial charge in [-0.1, -0.05) is 0 Å². The third-order valence-corrected chi connectivity index (χ3v) is 5.19. The first kappa shape index (κ1) is 15.5. The highest BCUT2D eigenvalue weighted by Gasteiger charge is 2.31. The van der Waals surface area contributed by atoms with Gasteiger partial charge in [0.15, 0.2) is 9.84 Å². The summed E-state index contributed by atoms with van der Waals surface area (Å²) >= 11 is 0. The van der Waals surface area contributed by atoms with Crippen LogP contribution in [-0.2, 0) is 21.1 Å². The van der Waals surface area contributed by atoms with Crippen LogP contribution in [0.1, 0.15) is 29.3 Å². The lowest BCUT2D eigenvalue weighted by Crippen LogP contribution is -2.43. The zero-order valence-electron chi connectivity index (χ0n) is 11.9. The highest BCUT2D eigenvalue weighted by atomic mass is 32.2.